The molecule has 5 heteroatoms. The number of carbonyl (C=O) groups is 1. The normalized spacial score (nSPS) is 19.3. The van der Waals surface area contributed by atoms with Crippen molar-refractivity contribution in [2.45, 2.75) is 13.0 Å². The third-order valence-electron chi connectivity index (χ3n) is 3.90. The number of amides is 1. The van der Waals surface area contributed by atoms with Crippen molar-refractivity contribution in [3.05, 3.63) is 47.5 Å². The average Bonchev–Trinajstić information content (AvgIpc) is 3.06. The van der Waals surface area contributed by atoms with E-state index in [2.05, 4.69) is 4.98 Å². The zero-order valence-electron chi connectivity index (χ0n) is 11.8. The number of aryl methyl sites for hydroxylation is 2. The van der Waals surface area contributed by atoms with Crippen LogP contribution in [0.2, 0.25) is 0 Å². The number of hydrogen-bond donors (Lipinski definition) is 1. The van der Waals surface area contributed by atoms with Crippen LogP contribution in [-0.2, 0) is 11.8 Å². The third kappa shape index (κ3) is 2.14. The second kappa shape index (κ2) is 5.17. The van der Waals surface area contributed by atoms with E-state index in [1.165, 1.54) is 0 Å². The van der Waals surface area contributed by atoms with Crippen LogP contribution in [0.4, 0.5) is 0 Å². The molecular weight excluding hydrogens is 254 g/mol. The summed E-state index contributed by atoms with van der Waals surface area (Å²) in [5.41, 5.74) is 2.75. The molecule has 0 radical (unpaired) electrons. The fourth-order valence-corrected chi connectivity index (χ4v) is 2.75. The highest BCUT2D eigenvalue weighted by atomic mass is 16.5. The van der Waals surface area contributed by atoms with E-state index in [4.69, 9.17) is 4.74 Å². The average molecular weight is 273 g/mol. The highest BCUT2D eigenvalue weighted by Gasteiger charge is 2.31. The van der Waals surface area contributed by atoms with Crippen LogP contribution in [0.25, 0.3) is 0 Å². The predicted octanol–water partition coefficient (Wildman–Crippen LogP) is 1.88. The Labute approximate surface area is 118 Å². The van der Waals surface area contributed by atoms with Gasteiger partial charge in [-0.2, -0.15) is 0 Å². The van der Waals surface area contributed by atoms with Gasteiger partial charge in [0, 0.05) is 37.4 Å². The van der Waals surface area contributed by atoms with Crippen LogP contribution in [-0.4, -0.2) is 40.1 Å². The first kappa shape index (κ1) is 13.0. The first-order chi connectivity index (χ1) is 9.68. The van der Waals surface area contributed by atoms with Gasteiger partial charge >= 0.3 is 0 Å². The summed E-state index contributed by atoms with van der Waals surface area (Å²) in [6, 6.07) is 5.86. The Morgan fingerprint density at radius 1 is 1.45 bits per heavy atom. The van der Waals surface area contributed by atoms with Crippen molar-refractivity contribution in [3.8, 4) is 0 Å². The molecule has 1 fully saturated rings. The SMILES string of the molecule is Cc1[nH]ccc1C(=O)N1CCOCC1c1cccn1C. The number of nitrogens with one attached hydrogen (secondary N) is 1. The van der Waals surface area contributed by atoms with E-state index in [0.29, 0.717) is 19.8 Å². The molecule has 2 aromatic rings. The predicted molar refractivity (Wildman–Crippen MR) is 75.5 cm³/mol. The molecule has 106 valence electrons. The molecule has 1 saturated heterocycles. The molecule has 0 aliphatic carbocycles. The monoisotopic (exact) mass is 273 g/mol. The third-order valence-corrected chi connectivity index (χ3v) is 3.90. The quantitative estimate of drug-likeness (QED) is 0.908. The van der Waals surface area contributed by atoms with E-state index in [9.17, 15) is 4.79 Å². The zero-order valence-corrected chi connectivity index (χ0v) is 11.8. The summed E-state index contributed by atoms with van der Waals surface area (Å²) in [4.78, 5) is 17.7. The van der Waals surface area contributed by atoms with Crippen LogP contribution in [0.1, 0.15) is 27.8 Å². The molecule has 0 saturated carbocycles. The van der Waals surface area contributed by atoms with E-state index in [0.717, 1.165) is 17.0 Å². The molecule has 0 bridgehead atoms. The van der Waals surface area contributed by atoms with Gasteiger partial charge in [-0.25, -0.2) is 0 Å². The van der Waals surface area contributed by atoms with E-state index in [1.807, 2.05) is 47.8 Å². The summed E-state index contributed by atoms with van der Waals surface area (Å²) < 4.78 is 7.62. The van der Waals surface area contributed by atoms with Gasteiger partial charge in [-0.15, -0.1) is 0 Å². The Morgan fingerprint density at radius 3 is 2.95 bits per heavy atom. The lowest BCUT2D eigenvalue weighted by Crippen LogP contribution is -2.44. The lowest BCUT2D eigenvalue weighted by atomic mass is 10.1. The minimum atomic E-state index is -0.0226. The van der Waals surface area contributed by atoms with Gasteiger partial charge in [0.15, 0.2) is 0 Å². The van der Waals surface area contributed by atoms with Crippen molar-refractivity contribution in [1.29, 1.82) is 0 Å². The number of aromatic amines is 1. The number of H-pyrrole nitrogens is 1. The number of nitrogens with zero attached hydrogens (tertiary/aromatic N) is 2. The van der Waals surface area contributed by atoms with Gasteiger partial charge in [0.2, 0.25) is 0 Å². The summed E-state index contributed by atoms with van der Waals surface area (Å²) in [6.45, 7) is 3.69. The summed E-state index contributed by atoms with van der Waals surface area (Å²) in [7, 11) is 1.99. The first-order valence-electron chi connectivity index (χ1n) is 6.82. The maximum absolute atomic E-state index is 12.7. The molecule has 1 aliphatic heterocycles. The van der Waals surface area contributed by atoms with Crippen molar-refractivity contribution >= 4 is 5.91 Å². The Kier molecular flexibility index (Phi) is 3.36. The van der Waals surface area contributed by atoms with Gasteiger partial charge in [0.25, 0.3) is 5.91 Å². The maximum Gasteiger partial charge on any atom is 0.256 e. The standard InChI is InChI=1S/C15H19N3O2/c1-11-12(5-6-16-11)15(19)18-8-9-20-10-14(18)13-4-3-7-17(13)2/h3-7,14,16H,8-10H2,1-2H3. The van der Waals surface area contributed by atoms with Crippen LogP contribution >= 0.6 is 0 Å². The lowest BCUT2D eigenvalue weighted by molar-refractivity contribution is -0.00466. The summed E-state index contributed by atoms with van der Waals surface area (Å²) in [5.74, 6) is 0.0678. The molecule has 0 spiro atoms. The molecule has 1 amide bonds. The van der Waals surface area contributed by atoms with Gasteiger partial charge in [0.05, 0.1) is 24.8 Å². The number of carbonyl (C=O) groups excluding carboxylic acids is 1. The van der Waals surface area contributed by atoms with E-state index < -0.39 is 0 Å². The molecule has 0 aromatic carbocycles. The second-order valence-electron chi connectivity index (χ2n) is 5.15. The van der Waals surface area contributed by atoms with Crippen molar-refractivity contribution in [2.24, 2.45) is 7.05 Å². The van der Waals surface area contributed by atoms with Crippen LogP contribution in [0.5, 0.6) is 0 Å². The molecule has 1 N–H and O–H groups in total. The molecule has 3 rings (SSSR count). The van der Waals surface area contributed by atoms with Gasteiger partial charge in [0.1, 0.15) is 0 Å². The Balaban J connectivity index is 1.92. The topological polar surface area (TPSA) is 50.3 Å². The zero-order chi connectivity index (χ0) is 14.1. The van der Waals surface area contributed by atoms with E-state index >= 15 is 0 Å². The van der Waals surface area contributed by atoms with Crippen LogP contribution in [0, 0.1) is 6.92 Å². The molecule has 2 aromatic heterocycles. The summed E-state index contributed by atoms with van der Waals surface area (Å²) >= 11 is 0. The van der Waals surface area contributed by atoms with Crippen LogP contribution < -0.4 is 0 Å². The first-order valence-corrected chi connectivity index (χ1v) is 6.82. The van der Waals surface area contributed by atoms with Gasteiger partial charge in [-0.3, -0.25) is 4.79 Å². The van der Waals surface area contributed by atoms with Crippen LogP contribution in [0.3, 0.4) is 0 Å². The minimum absolute atomic E-state index is 0.0226. The fourth-order valence-electron chi connectivity index (χ4n) is 2.75. The summed E-state index contributed by atoms with van der Waals surface area (Å²) in [6.07, 6.45) is 3.80. The van der Waals surface area contributed by atoms with E-state index in [1.54, 1.807) is 6.20 Å². The molecule has 3 heterocycles. The number of hydrogen-bond acceptors (Lipinski definition) is 2. The minimum Gasteiger partial charge on any atom is -0.377 e. The van der Waals surface area contributed by atoms with E-state index in [-0.39, 0.29) is 11.9 Å². The van der Waals surface area contributed by atoms with Gasteiger partial charge in [-0.05, 0) is 25.1 Å². The highest BCUT2D eigenvalue weighted by molar-refractivity contribution is 5.95. The Hall–Kier alpha value is -2.01. The number of aromatic nitrogens is 2. The molecule has 20 heavy (non-hydrogen) atoms. The molecule has 1 atom stereocenters. The smallest absolute Gasteiger partial charge is 0.256 e. The maximum atomic E-state index is 12.7. The van der Waals surface area contributed by atoms with Crippen molar-refractivity contribution in [2.75, 3.05) is 19.8 Å². The highest BCUT2D eigenvalue weighted by Crippen LogP contribution is 2.26. The number of ether oxygens (including phenoxy) is 1. The molecule has 1 unspecified atom stereocenters. The van der Waals surface area contributed by atoms with Gasteiger partial charge in [-0.1, -0.05) is 0 Å². The van der Waals surface area contributed by atoms with Gasteiger partial charge < -0.3 is 19.2 Å². The Morgan fingerprint density at radius 2 is 2.30 bits per heavy atom. The fraction of sp³-hybridized carbons (Fsp3) is 0.400. The van der Waals surface area contributed by atoms with Crippen LogP contribution in [0.15, 0.2) is 30.6 Å². The van der Waals surface area contributed by atoms with Crippen molar-refractivity contribution in [1.82, 2.24) is 14.5 Å². The van der Waals surface area contributed by atoms with Crippen molar-refractivity contribution < 1.29 is 9.53 Å². The Bertz CT molecular complexity index is 614. The molecule has 1 aliphatic rings. The summed E-state index contributed by atoms with van der Waals surface area (Å²) in [5, 5.41) is 0. The number of morpholine rings is 1. The largest absolute Gasteiger partial charge is 0.377 e. The second-order valence-corrected chi connectivity index (χ2v) is 5.15. The molecule has 5 nitrogen and oxygen atoms in total. The molecular formula is C15H19N3O2. The number of rotatable bonds is 2. The lowest BCUT2D eigenvalue weighted by Gasteiger charge is -2.36. The van der Waals surface area contributed by atoms with Crippen molar-refractivity contribution in [3.63, 3.8) is 0 Å².